The van der Waals surface area contributed by atoms with Crippen LogP contribution < -0.4 is 16.0 Å². The van der Waals surface area contributed by atoms with Crippen LogP contribution in [0.5, 0.6) is 0 Å². The van der Waals surface area contributed by atoms with Crippen molar-refractivity contribution < 1.29 is 13.2 Å². The molecule has 0 spiro atoms. The number of aromatic nitrogens is 1. The topological polar surface area (TPSA) is 113 Å². The number of benzene rings is 1. The number of amides is 1. The maximum Gasteiger partial charge on any atom is 0.243 e. The van der Waals surface area contributed by atoms with E-state index in [1.807, 2.05) is 6.07 Å². The Balaban J connectivity index is 1.87. The molecule has 0 aliphatic heterocycles. The number of aryl methyl sites for hydroxylation is 1. The van der Waals surface area contributed by atoms with E-state index in [-0.39, 0.29) is 12.5 Å². The van der Waals surface area contributed by atoms with Crippen molar-refractivity contribution >= 4 is 27.4 Å². The van der Waals surface area contributed by atoms with Gasteiger partial charge in [-0.2, -0.15) is 0 Å². The Bertz CT molecular complexity index is 927. The summed E-state index contributed by atoms with van der Waals surface area (Å²) in [4.78, 5) is 20.3. The predicted octanol–water partition coefficient (Wildman–Crippen LogP) is 1.10. The molecule has 8 nitrogen and oxygen atoms in total. The largest absolute Gasteiger partial charge is 0.352 e. The van der Waals surface area contributed by atoms with Crippen LogP contribution in [0.3, 0.4) is 0 Å². The van der Waals surface area contributed by atoms with Gasteiger partial charge in [0.2, 0.25) is 5.91 Å². The lowest BCUT2D eigenvalue weighted by atomic mass is 10.1. The molecule has 1 aromatic carbocycles. The van der Waals surface area contributed by atoms with E-state index < -0.39 is 9.84 Å². The summed E-state index contributed by atoms with van der Waals surface area (Å²) in [5.41, 5.74) is 2.21. The quantitative estimate of drug-likeness (QED) is 0.504. The summed E-state index contributed by atoms with van der Waals surface area (Å²) in [5.74, 6) is 0.237. The van der Waals surface area contributed by atoms with Gasteiger partial charge >= 0.3 is 0 Å². The highest BCUT2D eigenvalue weighted by Gasteiger charge is 2.11. The fourth-order valence-electron chi connectivity index (χ4n) is 2.45. The molecular formula is C18H23N5O3S. The third-order valence-corrected chi connectivity index (χ3v) is 4.94. The van der Waals surface area contributed by atoms with E-state index in [2.05, 4.69) is 25.9 Å². The van der Waals surface area contributed by atoms with E-state index in [4.69, 9.17) is 0 Å². The van der Waals surface area contributed by atoms with Crippen LogP contribution in [0, 0.1) is 6.92 Å². The SMILES string of the molecule is CN=C(NCC(=O)Nc1cccnc1)NCc1ccc(S(C)(=O)=O)c(C)c1. The van der Waals surface area contributed by atoms with Crippen LogP contribution in [0.1, 0.15) is 11.1 Å². The highest BCUT2D eigenvalue weighted by Crippen LogP contribution is 2.16. The van der Waals surface area contributed by atoms with Gasteiger partial charge in [-0.15, -0.1) is 0 Å². The number of nitrogens with one attached hydrogen (secondary N) is 3. The molecule has 0 saturated carbocycles. The van der Waals surface area contributed by atoms with Gasteiger partial charge in [0.15, 0.2) is 15.8 Å². The van der Waals surface area contributed by atoms with Crippen LogP contribution in [0.2, 0.25) is 0 Å². The van der Waals surface area contributed by atoms with Crippen molar-refractivity contribution in [2.45, 2.75) is 18.4 Å². The fraction of sp³-hybridized carbons (Fsp3) is 0.278. The van der Waals surface area contributed by atoms with E-state index in [1.54, 1.807) is 50.6 Å². The Labute approximate surface area is 159 Å². The smallest absolute Gasteiger partial charge is 0.243 e. The van der Waals surface area contributed by atoms with Crippen molar-refractivity contribution in [3.05, 3.63) is 53.9 Å². The molecule has 1 amide bonds. The Morgan fingerprint density at radius 2 is 2.00 bits per heavy atom. The van der Waals surface area contributed by atoms with Gasteiger partial charge in [-0.25, -0.2) is 8.42 Å². The molecule has 3 N–H and O–H groups in total. The standard InChI is InChI=1S/C18H23N5O3S/c1-13-9-14(6-7-16(13)27(3,25)26)10-21-18(19-2)22-12-17(24)23-15-5-4-8-20-11-15/h4-9,11H,10,12H2,1-3H3,(H,23,24)(H2,19,21,22). The average Bonchev–Trinajstić information content (AvgIpc) is 2.61. The van der Waals surface area contributed by atoms with E-state index in [9.17, 15) is 13.2 Å². The molecule has 0 fully saturated rings. The summed E-state index contributed by atoms with van der Waals surface area (Å²) < 4.78 is 23.3. The second-order valence-electron chi connectivity index (χ2n) is 5.94. The number of anilines is 1. The Kier molecular flexibility index (Phi) is 6.89. The molecule has 1 heterocycles. The third kappa shape index (κ3) is 6.37. The summed E-state index contributed by atoms with van der Waals surface area (Å²) in [6, 6.07) is 8.64. The van der Waals surface area contributed by atoms with Crippen molar-refractivity contribution in [3.63, 3.8) is 0 Å². The maximum absolute atomic E-state index is 11.9. The fourth-order valence-corrected chi connectivity index (χ4v) is 3.41. The number of guanidine groups is 1. The van der Waals surface area contributed by atoms with Gasteiger partial charge in [-0.3, -0.25) is 14.8 Å². The van der Waals surface area contributed by atoms with Crippen LogP contribution in [0.25, 0.3) is 0 Å². The van der Waals surface area contributed by atoms with Gasteiger partial charge in [0.25, 0.3) is 0 Å². The lowest BCUT2D eigenvalue weighted by Crippen LogP contribution is -2.41. The lowest BCUT2D eigenvalue weighted by molar-refractivity contribution is -0.115. The summed E-state index contributed by atoms with van der Waals surface area (Å²) in [6.45, 7) is 2.24. The molecule has 2 aromatic rings. The zero-order valence-corrected chi connectivity index (χ0v) is 16.3. The Morgan fingerprint density at radius 3 is 2.59 bits per heavy atom. The molecule has 0 radical (unpaired) electrons. The van der Waals surface area contributed by atoms with Crippen LogP contribution in [-0.4, -0.2) is 45.1 Å². The van der Waals surface area contributed by atoms with Crippen molar-refractivity contribution in [1.29, 1.82) is 0 Å². The summed E-state index contributed by atoms with van der Waals surface area (Å²) in [6.07, 6.45) is 4.38. The number of pyridine rings is 1. The molecule has 0 unspecified atom stereocenters. The lowest BCUT2D eigenvalue weighted by Gasteiger charge is -2.13. The minimum Gasteiger partial charge on any atom is -0.352 e. The zero-order chi connectivity index (χ0) is 19.9. The molecule has 2 rings (SSSR count). The Morgan fingerprint density at radius 1 is 1.22 bits per heavy atom. The van der Waals surface area contributed by atoms with Gasteiger partial charge in [-0.1, -0.05) is 12.1 Å². The number of aliphatic imine (C=N–C) groups is 1. The predicted molar refractivity (Wildman–Crippen MR) is 105 cm³/mol. The minimum absolute atomic E-state index is 0.0423. The number of nitrogens with zero attached hydrogens (tertiary/aromatic N) is 2. The van der Waals surface area contributed by atoms with Gasteiger partial charge < -0.3 is 16.0 Å². The molecule has 0 atom stereocenters. The summed E-state index contributed by atoms with van der Waals surface area (Å²) in [5, 5.41) is 8.73. The number of carbonyl (C=O) groups is 1. The van der Waals surface area contributed by atoms with E-state index in [0.717, 1.165) is 5.56 Å². The van der Waals surface area contributed by atoms with Crippen LogP contribution in [0.4, 0.5) is 5.69 Å². The van der Waals surface area contributed by atoms with E-state index in [1.165, 1.54) is 6.26 Å². The second-order valence-corrected chi connectivity index (χ2v) is 7.93. The Hall–Kier alpha value is -2.94. The van der Waals surface area contributed by atoms with Gasteiger partial charge in [-0.05, 0) is 36.2 Å². The molecule has 1 aromatic heterocycles. The molecule has 0 aliphatic rings. The van der Waals surface area contributed by atoms with Crippen molar-refractivity contribution in [2.24, 2.45) is 4.99 Å². The maximum atomic E-state index is 11.9. The van der Waals surface area contributed by atoms with E-state index in [0.29, 0.717) is 28.7 Å². The summed E-state index contributed by atoms with van der Waals surface area (Å²) in [7, 11) is -1.63. The highest BCUT2D eigenvalue weighted by molar-refractivity contribution is 7.90. The van der Waals surface area contributed by atoms with Crippen LogP contribution in [0.15, 0.2) is 52.6 Å². The van der Waals surface area contributed by atoms with Crippen molar-refractivity contribution in [1.82, 2.24) is 15.6 Å². The van der Waals surface area contributed by atoms with Gasteiger partial charge in [0, 0.05) is 26.0 Å². The van der Waals surface area contributed by atoms with Crippen LogP contribution in [-0.2, 0) is 21.2 Å². The zero-order valence-electron chi connectivity index (χ0n) is 15.5. The third-order valence-electron chi connectivity index (χ3n) is 3.68. The first-order valence-electron chi connectivity index (χ1n) is 8.23. The molecular weight excluding hydrogens is 366 g/mol. The molecule has 0 aliphatic carbocycles. The number of hydrogen-bond acceptors (Lipinski definition) is 5. The van der Waals surface area contributed by atoms with Crippen molar-refractivity contribution in [3.8, 4) is 0 Å². The first-order valence-corrected chi connectivity index (χ1v) is 10.1. The number of rotatable bonds is 6. The number of carbonyl (C=O) groups excluding carboxylic acids is 1. The van der Waals surface area contributed by atoms with E-state index >= 15 is 0 Å². The normalized spacial score (nSPS) is 11.7. The molecule has 144 valence electrons. The number of sulfone groups is 1. The van der Waals surface area contributed by atoms with Gasteiger partial charge in [0.05, 0.1) is 23.3 Å². The minimum atomic E-state index is -3.24. The summed E-state index contributed by atoms with van der Waals surface area (Å²) >= 11 is 0. The van der Waals surface area contributed by atoms with Gasteiger partial charge in [0.1, 0.15) is 0 Å². The average molecular weight is 389 g/mol. The second kappa shape index (κ2) is 9.13. The number of hydrogen-bond donors (Lipinski definition) is 3. The van der Waals surface area contributed by atoms with Crippen LogP contribution >= 0.6 is 0 Å². The van der Waals surface area contributed by atoms with Crippen molar-refractivity contribution in [2.75, 3.05) is 25.2 Å². The monoisotopic (exact) mass is 389 g/mol. The highest BCUT2D eigenvalue weighted by atomic mass is 32.2. The first-order chi connectivity index (χ1) is 12.8. The first kappa shape index (κ1) is 20.4. The molecule has 0 saturated heterocycles. The molecule has 9 heteroatoms. The molecule has 27 heavy (non-hydrogen) atoms. The molecule has 0 bridgehead atoms.